The number of hydrogen-bond donors (Lipinski definition) is 2. The van der Waals surface area contributed by atoms with Crippen LogP contribution in [0.5, 0.6) is 0 Å². The second kappa shape index (κ2) is 6.42. The fraction of sp³-hybridized carbons (Fsp3) is 0.450. The first-order valence-corrected chi connectivity index (χ1v) is 10.8. The van der Waals surface area contributed by atoms with Gasteiger partial charge < -0.3 is 15.5 Å². The largest absolute Gasteiger partial charge is 0.368 e. The van der Waals surface area contributed by atoms with Gasteiger partial charge in [0.1, 0.15) is 5.67 Å². The first-order chi connectivity index (χ1) is 14.4. The van der Waals surface area contributed by atoms with Gasteiger partial charge in [0.25, 0.3) is 0 Å². The van der Waals surface area contributed by atoms with Crippen molar-refractivity contribution in [1.29, 1.82) is 0 Å². The topological polar surface area (TPSA) is 70.9 Å². The fourth-order valence-electron chi connectivity index (χ4n) is 4.96. The van der Waals surface area contributed by atoms with Crippen molar-refractivity contribution in [3.8, 4) is 0 Å². The minimum absolute atomic E-state index is 0.259. The van der Waals surface area contributed by atoms with E-state index in [2.05, 4.69) is 30.6 Å². The third kappa shape index (κ3) is 2.77. The average Bonchev–Trinajstić information content (AvgIpc) is 3.05. The fourth-order valence-corrected chi connectivity index (χ4v) is 5.57. The Balaban J connectivity index is 1.29. The number of hydrogen-bond acceptors (Lipinski definition) is 6. The van der Waals surface area contributed by atoms with Gasteiger partial charge in [0.05, 0.1) is 33.6 Å². The molecule has 2 N–H and O–H groups in total. The molecule has 2 bridgehead atoms. The SMILES string of the molecule is FC12CC(n3ncc(Nc4ncc5cc(Cl)c(N6CCNCC6)cc5n4)c3Cl)(C1)C2. The van der Waals surface area contributed by atoms with Gasteiger partial charge in [-0.1, -0.05) is 23.2 Å². The maximum absolute atomic E-state index is 13.9. The van der Waals surface area contributed by atoms with Crippen LogP contribution in [0.2, 0.25) is 10.2 Å². The van der Waals surface area contributed by atoms with E-state index in [-0.39, 0.29) is 5.54 Å². The van der Waals surface area contributed by atoms with E-state index in [9.17, 15) is 4.39 Å². The van der Waals surface area contributed by atoms with Crippen LogP contribution in [0.1, 0.15) is 19.3 Å². The molecule has 0 atom stereocenters. The molecule has 0 amide bonds. The number of nitrogens with one attached hydrogen (secondary N) is 2. The van der Waals surface area contributed by atoms with Crippen molar-refractivity contribution in [2.45, 2.75) is 30.5 Å². The standard InChI is InChI=1S/C20H20Cl2FN7/c21-13-5-12-7-25-18(27-14(12)6-16(13)29-3-1-24-2-4-29)28-15-8-26-30(17(15)22)20-9-19(23,10-20)11-20/h5-8,24H,1-4,9-11H2,(H,25,27,28). The monoisotopic (exact) mass is 447 g/mol. The molecule has 4 fully saturated rings. The van der Waals surface area contributed by atoms with E-state index in [1.807, 2.05) is 12.1 Å². The van der Waals surface area contributed by atoms with Crippen LogP contribution in [0, 0.1) is 0 Å². The summed E-state index contributed by atoms with van der Waals surface area (Å²) < 4.78 is 15.6. The quantitative estimate of drug-likeness (QED) is 0.631. The lowest BCUT2D eigenvalue weighted by molar-refractivity contribution is -0.203. The minimum Gasteiger partial charge on any atom is -0.368 e. The van der Waals surface area contributed by atoms with Crippen molar-refractivity contribution in [2.24, 2.45) is 0 Å². The molecule has 0 spiro atoms. The van der Waals surface area contributed by atoms with Gasteiger partial charge in [-0.25, -0.2) is 19.0 Å². The Kier molecular flexibility index (Phi) is 3.98. The van der Waals surface area contributed by atoms with Crippen LogP contribution in [0.25, 0.3) is 10.9 Å². The Bertz CT molecular complexity index is 1140. The Morgan fingerprint density at radius 1 is 1.10 bits per heavy atom. The van der Waals surface area contributed by atoms with Crippen LogP contribution >= 0.6 is 23.2 Å². The molecule has 2 aromatic heterocycles. The molecule has 3 aliphatic carbocycles. The predicted octanol–water partition coefficient (Wildman–Crippen LogP) is 3.89. The summed E-state index contributed by atoms with van der Waals surface area (Å²) in [5.41, 5.74) is 1.13. The molecule has 30 heavy (non-hydrogen) atoms. The number of anilines is 3. The Hall–Kier alpha value is -2.16. The molecule has 3 heterocycles. The molecule has 1 aliphatic heterocycles. The zero-order valence-electron chi connectivity index (χ0n) is 16.1. The predicted molar refractivity (Wildman–Crippen MR) is 116 cm³/mol. The van der Waals surface area contributed by atoms with Crippen molar-refractivity contribution in [1.82, 2.24) is 25.1 Å². The summed E-state index contributed by atoms with van der Waals surface area (Å²) >= 11 is 13.1. The van der Waals surface area contributed by atoms with Gasteiger partial charge in [-0.2, -0.15) is 5.10 Å². The summed E-state index contributed by atoms with van der Waals surface area (Å²) in [4.78, 5) is 11.3. The highest BCUT2D eigenvalue weighted by Crippen LogP contribution is 2.68. The summed E-state index contributed by atoms with van der Waals surface area (Å²) in [5, 5.41) is 12.9. The first-order valence-electron chi connectivity index (χ1n) is 10.1. The van der Waals surface area contributed by atoms with Gasteiger partial charge in [0.2, 0.25) is 5.95 Å². The molecule has 156 valence electrons. The molecular formula is C20H20Cl2FN7. The number of halogens is 3. The van der Waals surface area contributed by atoms with E-state index in [0.29, 0.717) is 41.1 Å². The summed E-state index contributed by atoms with van der Waals surface area (Å²) in [5.74, 6) is 0.428. The van der Waals surface area contributed by atoms with Crippen LogP contribution < -0.4 is 15.5 Å². The summed E-state index contributed by atoms with van der Waals surface area (Å²) in [6.45, 7) is 3.66. The molecule has 1 saturated heterocycles. The normalized spacial score (nSPS) is 27.6. The molecule has 3 aromatic rings. The van der Waals surface area contributed by atoms with Crippen molar-refractivity contribution >= 4 is 51.4 Å². The maximum atomic E-state index is 13.9. The number of piperazine rings is 1. The van der Waals surface area contributed by atoms with Crippen molar-refractivity contribution in [2.75, 3.05) is 36.4 Å². The smallest absolute Gasteiger partial charge is 0.227 e. The van der Waals surface area contributed by atoms with Gasteiger partial charge in [-0.15, -0.1) is 0 Å². The van der Waals surface area contributed by atoms with Crippen LogP contribution in [0.4, 0.5) is 21.7 Å². The Labute approximate surface area is 182 Å². The molecule has 4 aliphatic rings. The van der Waals surface area contributed by atoms with Crippen molar-refractivity contribution in [3.05, 3.63) is 34.7 Å². The van der Waals surface area contributed by atoms with Crippen LogP contribution in [-0.2, 0) is 5.54 Å². The van der Waals surface area contributed by atoms with Crippen LogP contribution in [0.3, 0.4) is 0 Å². The average molecular weight is 448 g/mol. The molecule has 0 radical (unpaired) electrons. The van der Waals surface area contributed by atoms with E-state index in [1.54, 1.807) is 17.1 Å². The number of benzene rings is 1. The second-order valence-corrected chi connectivity index (χ2v) is 9.35. The summed E-state index contributed by atoms with van der Waals surface area (Å²) in [6.07, 6.45) is 4.86. The van der Waals surface area contributed by atoms with Gasteiger partial charge in [-0.05, 0) is 12.1 Å². The third-order valence-corrected chi connectivity index (χ3v) is 7.12. The number of alkyl halides is 1. The third-order valence-electron chi connectivity index (χ3n) is 6.45. The van der Waals surface area contributed by atoms with Crippen LogP contribution in [0.15, 0.2) is 24.5 Å². The van der Waals surface area contributed by atoms with Gasteiger partial charge >= 0.3 is 0 Å². The number of rotatable bonds is 4. The molecule has 10 heteroatoms. The zero-order chi connectivity index (χ0) is 20.5. The lowest BCUT2D eigenvalue weighted by Crippen LogP contribution is -2.70. The highest BCUT2D eigenvalue weighted by atomic mass is 35.5. The molecule has 1 aromatic carbocycles. The molecule has 7 rings (SSSR count). The summed E-state index contributed by atoms with van der Waals surface area (Å²) in [7, 11) is 0. The molecule has 3 saturated carbocycles. The second-order valence-electron chi connectivity index (χ2n) is 8.58. The van der Waals surface area contributed by atoms with Crippen molar-refractivity contribution in [3.63, 3.8) is 0 Å². The molecule has 7 nitrogen and oxygen atoms in total. The van der Waals surface area contributed by atoms with Gasteiger partial charge in [-0.3, -0.25) is 0 Å². The Morgan fingerprint density at radius 3 is 2.60 bits per heavy atom. The highest BCUT2D eigenvalue weighted by molar-refractivity contribution is 6.34. The van der Waals surface area contributed by atoms with E-state index in [1.165, 1.54) is 0 Å². The first kappa shape index (κ1) is 18.6. The van der Waals surface area contributed by atoms with Gasteiger partial charge in [0.15, 0.2) is 5.15 Å². The number of aromatic nitrogens is 4. The lowest BCUT2D eigenvalue weighted by atomic mass is 9.47. The van der Waals surface area contributed by atoms with Gasteiger partial charge in [0, 0.05) is 57.0 Å². The minimum atomic E-state index is -1.01. The number of fused-ring (bicyclic) bond motifs is 1. The van der Waals surface area contributed by atoms with E-state index in [4.69, 9.17) is 23.2 Å². The van der Waals surface area contributed by atoms with E-state index in [0.717, 1.165) is 42.8 Å². The Morgan fingerprint density at radius 2 is 1.87 bits per heavy atom. The lowest BCUT2D eigenvalue weighted by Gasteiger charge is -2.65. The van der Waals surface area contributed by atoms with Crippen LogP contribution in [-0.4, -0.2) is 51.6 Å². The zero-order valence-corrected chi connectivity index (χ0v) is 17.6. The van der Waals surface area contributed by atoms with E-state index < -0.39 is 5.67 Å². The van der Waals surface area contributed by atoms with Crippen molar-refractivity contribution < 1.29 is 4.39 Å². The highest BCUT2D eigenvalue weighted by Gasteiger charge is 2.71. The van der Waals surface area contributed by atoms with E-state index >= 15 is 0 Å². The molecular weight excluding hydrogens is 428 g/mol. The maximum Gasteiger partial charge on any atom is 0.227 e. The molecule has 0 unspecified atom stereocenters. The summed E-state index contributed by atoms with van der Waals surface area (Å²) in [6, 6.07) is 3.90. The number of nitrogens with zero attached hydrogens (tertiary/aromatic N) is 5.